The van der Waals surface area contributed by atoms with Crippen LogP contribution in [0.1, 0.15) is 15.9 Å². The van der Waals surface area contributed by atoms with Crippen LogP contribution < -0.4 is 11.1 Å². The molecular weight excluding hydrogens is 260 g/mol. The lowest BCUT2D eigenvalue weighted by molar-refractivity contribution is 0.102. The Morgan fingerprint density at radius 3 is 2.24 bits per heavy atom. The van der Waals surface area contributed by atoms with Gasteiger partial charge in [0.25, 0.3) is 5.91 Å². The van der Waals surface area contributed by atoms with Gasteiger partial charge in [-0.2, -0.15) is 0 Å². The van der Waals surface area contributed by atoms with E-state index >= 15 is 0 Å². The molecule has 104 valence electrons. The van der Waals surface area contributed by atoms with Gasteiger partial charge in [-0.25, -0.2) is 0 Å². The topological polar surface area (TPSA) is 55.1 Å². The number of carbonyl (C=O) groups excluding carboxylic acids is 1. The van der Waals surface area contributed by atoms with Crippen LogP contribution >= 0.6 is 0 Å². The Kier molecular flexibility index (Phi) is 3.32. The molecular formula is C18H16N2O. The maximum absolute atomic E-state index is 12.4. The number of nitrogens with one attached hydrogen (secondary N) is 1. The highest BCUT2D eigenvalue weighted by Gasteiger charge is 2.11. The Morgan fingerprint density at radius 1 is 0.952 bits per heavy atom. The molecule has 0 heterocycles. The quantitative estimate of drug-likeness (QED) is 0.695. The van der Waals surface area contributed by atoms with Gasteiger partial charge in [0.1, 0.15) is 0 Å². The number of nitrogens with two attached hydrogens (primary N) is 1. The molecule has 21 heavy (non-hydrogen) atoms. The van der Waals surface area contributed by atoms with E-state index in [2.05, 4.69) is 5.32 Å². The molecule has 0 saturated carbocycles. The first-order chi connectivity index (χ1) is 10.1. The number of fused-ring (bicyclic) bond motifs is 1. The van der Waals surface area contributed by atoms with Gasteiger partial charge >= 0.3 is 0 Å². The van der Waals surface area contributed by atoms with E-state index < -0.39 is 0 Å². The zero-order chi connectivity index (χ0) is 14.8. The standard InChI is InChI=1S/C18H16N2O/c1-12-6-8-15(9-7-12)20-18(21)16-10-13-4-2-3-5-14(13)11-17(16)19/h2-11H,19H2,1H3,(H,20,21). The van der Waals surface area contributed by atoms with Gasteiger partial charge in [0, 0.05) is 11.4 Å². The van der Waals surface area contributed by atoms with Crippen LogP contribution in [0.15, 0.2) is 60.7 Å². The molecule has 0 aromatic heterocycles. The Morgan fingerprint density at radius 2 is 1.57 bits per heavy atom. The van der Waals surface area contributed by atoms with Crippen molar-refractivity contribution >= 4 is 28.1 Å². The number of benzene rings is 3. The third-order valence-corrected chi connectivity index (χ3v) is 3.47. The van der Waals surface area contributed by atoms with Gasteiger partial charge in [0.2, 0.25) is 0 Å². The van der Waals surface area contributed by atoms with Crippen LogP contribution in [0.2, 0.25) is 0 Å². The van der Waals surface area contributed by atoms with Gasteiger partial charge in [0.15, 0.2) is 0 Å². The summed E-state index contributed by atoms with van der Waals surface area (Å²) >= 11 is 0. The average Bonchev–Trinajstić information content (AvgIpc) is 2.49. The molecule has 1 amide bonds. The number of carbonyl (C=O) groups is 1. The van der Waals surface area contributed by atoms with Crippen LogP contribution in [0, 0.1) is 6.92 Å². The zero-order valence-electron chi connectivity index (χ0n) is 11.8. The van der Waals surface area contributed by atoms with Gasteiger partial charge in [-0.15, -0.1) is 0 Å². The normalized spacial score (nSPS) is 10.5. The molecule has 3 aromatic carbocycles. The first-order valence-electron chi connectivity index (χ1n) is 6.80. The summed E-state index contributed by atoms with van der Waals surface area (Å²) < 4.78 is 0. The molecule has 0 unspecified atom stereocenters. The van der Waals surface area contributed by atoms with Crippen molar-refractivity contribution < 1.29 is 4.79 Å². The van der Waals surface area contributed by atoms with Gasteiger partial charge < -0.3 is 11.1 Å². The highest BCUT2D eigenvalue weighted by molar-refractivity contribution is 6.10. The van der Waals surface area contributed by atoms with Crippen molar-refractivity contribution in [3.05, 3.63) is 71.8 Å². The maximum Gasteiger partial charge on any atom is 0.257 e. The number of anilines is 2. The van der Waals surface area contributed by atoms with Crippen molar-refractivity contribution in [2.75, 3.05) is 11.1 Å². The van der Waals surface area contributed by atoms with E-state index in [1.165, 1.54) is 0 Å². The third-order valence-electron chi connectivity index (χ3n) is 3.47. The van der Waals surface area contributed by atoms with E-state index in [0.29, 0.717) is 11.3 Å². The van der Waals surface area contributed by atoms with E-state index in [9.17, 15) is 4.79 Å². The maximum atomic E-state index is 12.4. The summed E-state index contributed by atoms with van der Waals surface area (Å²) in [6.07, 6.45) is 0. The van der Waals surface area contributed by atoms with Gasteiger partial charge in [-0.3, -0.25) is 4.79 Å². The molecule has 0 aliphatic carbocycles. The third kappa shape index (κ3) is 2.72. The van der Waals surface area contributed by atoms with E-state index in [0.717, 1.165) is 22.0 Å². The van der Waals surface area contributed by atoms with Crippen LogP contribution in [0.25, 0.3) is 10.8 Å². The van der Waals surface area contributed by atoms with Crippen LogP contribution in [0.4, 0.5) is 11.4 Å². The minimum absolute atomic E-state index is 0.192. The fourth-order valence-electron chi connectivity index (χ4n) is 2.29. The number of amides is 1. The first-order valence-corrected chi connectivity index (χ1v) is 6.80. The lowest BCUT2D eigenvalue weighted by atomic mass is 10.0. The van der Waals surface area contributed by atoms with E-state index in [4.69, 9.17) is 5.73 Å². The van der Waals surface area contributed by atoms with Crippen LogP contribution in [0.3, 0.4) is 0 Å². The number of aryl methyl sites for hydroxylation is 1. The molecule has 0 bridgehead atoms. The molecule has 0 fully saturated rings. The highest BCUT2D eigenvalue weighted by atomic mass is 16.1. The highest BCUT2D eigenvalue weighted by Crippen LogP contribution is 2.23. The summed E-state index contributed by atoms with van der Waals surface area (Å²) in [4.78, 5) is 12.4. The summed E-state index contributed by atoms with van der Waals surface area (Å²) in [5.41, 5.74) is 8.90. The predicted molar refractivity (Wildman–Crippen MR) is 87.5 cm³/mol. The molecule has 0 atom stereocenters. The number of hydrogen-bond acceptors (Lipinski definition) is 2. The molecule has 0 saturated heterocycles. The number of hydrogen-bond donors (Lipinski definition) is 2. The summed E-state index contributed by atoms with van der Waals surface area (Å²) in [5, 5.41) is 4.90. The molecule has 0 spiro atoms. The first kappa shape index (κ1) is 13.2. The molecule has 3 aromatic rings. The van der Waals surface area contributed by atoms with E-state index in [1.54, 1.807) is 0 Å². The van der Waals surface area contributed by atoms with Gasteiger partial charge in [-0.05, 0) is 42.0 Å². The molecule has 3 nitrogen and oxygen atoms in total. The van der Waals surface area contributed by atoms with Gasteiger partial charge in [0.05, 0.1) is 5.56 Å². The fourth-order valence-corrected chi connectivity index (χ4v) is 2.29. The molecule has 3 heteroatoms. The molecule has 0 aliphatic heterocycles. The lowest BCUT2D eigenvalue weighted by Crippen LogP contribution is -2.14. The van der Waals surface area contributed by atoms with Gasteiger partial charge in [-0.1, -0.05) is 42.0 Å². The second-order valence-corrected chi connectivity index (χ2v) is 5.11. The predicted octanol–water partition coefficient (Wildman–Crippen LogP) is 3.98. The minimum Gasteiger partial charge on any atom is -0.398 e. The van der Waals surface area contributed by atoms with E-state index in [-0.39, 0.29) is 5.91 Å². The number of nitrogen functional groups attached to an aromatic ring is 1. The van der Waals surface area contributed by atoms with Crippen molar-refractivity contribution in [3.8, 4) is 0 Å². The summed E-state index contributed by atoms with van der Waals surface area (Å²) in [5.74, 6) is -0.192. The second-order valence-electron chi connectivity index (χ2n) is 5.11. The van der Waals surface area contributed by atoms with Crippen molar-refractivity contribution in [2.45, 2.75) is 6.92 Å². The Balaban J connectivity index is 1.93. The smallest absolute Gasteiger partial charge is 0.257 e. The SMILES string of the molecule is Cc1ccc(NC(=O)c2cc3ccccc3cc2N)cc1. The Labute approximate surface area is 123 Å². The lowest BCUT2D eigenvalue weighted by Gasteiger charge is -2.09. The fraction of sp³-hybridized carbons (Fsp3) is 0.0556. The summed E-state index contributed by atoms with van der Waals surface area (Å²) in [7, 11) is 0. The number of rotatable bonds is 2. The summed E-state index contributed by atoms with van der Waals surface area (Å²) in [6.45, 7) is 2.01. The Hall–Kier alpha value is -2.81. The Bertz CT molecular complexity index is 807. The van der Waals surface area contributed by atoms with Crippen LogP contribution in [0.5, 0.6) is 0 Å². The molecule has 3 N–H and O–H groups in total. The monoisotopic (exact) mass is 276 g/mol. The molecule has 0 aliphatic rings. The molecule has 3 rings (SSSR count). The summed E-state index contributed by atoms with van der Waals surface area (Å²) in [6, 6.07) is 19.2. The van der Waals surface area contributed by atoms with Crippen LogP contribution in [-0.2, 0) is 0 Å². The van der Waals surface area contributed by atoms with Crippen molar-refractivity contribution in [1.82, 2.24) is 0 Å². The second kappa shape index (κ2) is 5.29. The van der Waals surface area contributed by atoms with Crippen LogP contribution in [-0.4, -0.2) is 5.91 Å². The van der Waals surface area contributed by atoms with E-state index in [1.807, 2.05) is 67.6 Å². The zero-order valence-corrected chi connectivity index (χ0v) is 11.8. The van der Waals surface area contributed by atoms with Crippen molar-refractivity contribution in [3.63, 3.8) is 0 Å². The molecule has 0 radical (unpaired) electrons. The minimum atomic E-state index is -0.192. The van der Waals surface area contributed by atoms with Crippen molar-refractivity contribution in [2.24, 2.45) is 0 Å². The average molecular weight is 276 g/mol. The largest absolute Gasteiger partial charge is 0.398 e. The van der Waals surface area contributed by atoms with Crippen molar-refractivity contribution in [1.29, 1.82) is 0 Å².